The predicted molar refractivity (Wildman–Crippen MR) is 112 cm³/mol. The third kappa shape index (κ3) is 6.38. The molecule has 0 spiro atoms. The summed E-state index contributed by atoms with van der Waals surface area (Å²) in [4.78, 5) is 28.8. The highest BCUT2D eigenvalue weighted by Crippen LogP contribution is 2.25. The highest BCUT2D eigenvalue weighted by molar-refractivity contribution is 5.79. The first-order valence-corrected chi connectivity index (χ1v) is 10.8. The van der Waals surface area contributed by atoms with Crippen molar-refractivity contribution in [3.8, 4) is 5.75 Å². The lowest BCUT2D eigenvalue weighted by atomic mass is 9.92. The molecule has 29 heavy (non-hydrogen) atoms. The number of benzene rings is 1. The Hall–Kier alpha value is -2.24. The molecule has 2 aliphatic heterocycles. The van der Waals surface area contributed by atoms with Crippen LogP contribution in [0.5, 0.6) is 5.75 Å². The third-order valence-electron chi connectivity index (χ3n) is 5.65. The van der Waals surface area contributed by atoms with Crippen LogP contribution in [-0.4, -0.2) is 60.2 Å². The molecule has 160 valence electrons. The maximum atomic E-state index is 12.9. The van der Waals surface area contributed by atoms with Gasteiger partial charge < -0.3 is 19.3 Å². The molecule has 0 atom stereocenters. The van der Waals surface area contributed by atoms with Gasteiger partial charge in [-0.15, -0.1) is 0 Å². The molecule has 0 N–H and O–H groups in total. The second-order valence-corrected chi connectivity index (χ2v) is 9.13. The first-order chi connectivity index (χ1) is 13.8. The van der Waals surface area contributed by atoms with Crippen molar-refractivity contribution < 1.29 is 19.1 Å². The molecular formula is C23H34N2O4. The fourth-order valence-corrected chi connectivity index (χ4v) is 3.94. The molecule has 2 saturated heterocycles. The van der Waals surface area contributed by atoms with Gasteiger partial charge >= 0.3 is 6.09 Å². The number of piperidine rings is 2. The molecule has 6 nitrogen and oxygen atoms in total. The van der Waals surface area contributed by atoms with Crippen molar-refractivity contribution in [1.82, 2.24) is 9.80 Å². The van der Waals surface area contributed by atoms with Crippen molar-refractivity contribution in [3.63, 3.8) is 0 Å². The number of rotatable bonds is 4. The lowest BCUT2D eigenvalue weighted by Gasteiger charge is -2.37. The summed E-state index contributed by atoms with van der Waals surface area (Å²) >= 11 is 0. The minimum absolute atomic E-state index is 0.0193. The Balaban J connectivity index is 1.38. The van der Waals surface area contributed by atoms with Gasteiger partial charge in [0, 0.05) is 32.1 Å². The van der Waals surface area contributed by atoms with Crippen molar-refractivity contribution in [3.05, 3.63) is 30.3 Å². The van der Waals surface area contributed by atoms with Crippen molar-refractivity contribution in [1.29, 1.82) is 0 Å². The van der Waals surface area contributed by atoms with Gasteiger partial charge in [-0.3, -0.25) is 4.79 Å². The quantitative estimate of drug-likeness (QED) is 0.765. The summed E-state index contributed by atoms with van der Waals surface area (Å²) in [6.45, 7) is 9.10. The van der Waals surface area contributed by atoms with Crippen molar-refractivity contribution in [2.75, 3.05) is 32.8 Å². The number of hydrogen-bond donors (Lipinski definition) is 0. The van der Waals surface area contributed by atoms with Gasteiger partial charge in [-0.05, 0) is 64.5 Å². The van der Waals surface area contributed by atoms with E-state index >= 15 is 0 Å². The second kappa shape index (κ2) is 9.51. The predicted octanol–water partition coefficient (Wildman–Crippen LogP) is 3.95. The van der Waals surface area contributed by atoms with Crippen LogP contribution in [0, 0.1) is 11.8 Å². The summed E-state index contributed by atoms with van der Waals surface area (Å²) < 4.78 is 11.3. The summed E-state index contributed by atoms with van der Waals surface area (Å²) in [5.74, 6) is 1.66. The van der Waals surface area contributed by atoms with E-state index in [-0.39, 0.29) is 17.9 Å². The first-order valence-electron chi connectivity index (χ1n) is 10.8. The molecule has 0 aliphatic carbocycles. The monoisotopic (exact) mass is 402 g/mol. The van der Waals surface area contributed by atoms with Gasteiger partial charge in [0.25, 0.3) is 0 Å². The smallest absolute Gasteiger partial charge is 0.410 e. The van der Waals surface area contributed by atoms with Gasteiger partial charge in [-0.25, -0.2) is 4.79 Å². The number of carbonyl (C=O) groups excluding carboxylic acids is 2. The van der Waals surface area contributed by atoms with Crippen LogP contribution in [0.1, 0.15) is 46.5 Å². The number of likely N-dealkylation sites (tertiary alicyclic amines) is 2. The summed E-state index contributed by atoms with van der Waals surface area (Å²) in [7, 11) is 0. The minimum Gasteiger partial charge on any atom is -0.493 e. The Morgan fingerprint density at radius 2 is 1.52 bits per heavy atom. The van der Waals surface area contributed by atoms with Crippen LogP contribution < -0.4 is 4.74 Å². The summed E-state index contributed by atoms with van der Waals surface area (Å²) in [6.07, 6.45) is 3.12. The van der Waals surface area contributed by atoms with E-state index in [0.29, 0.717) is 25.6 Å². The van der Waals surface area contributed by atoms with E-state index in [4.69, 9.17) is 9.47 Å². The highest BCUT2D eigenvalue weighted by Gasteiger charge is 2.33. The average Bonchev–Trinajstić information content (AvgIpc) is 2.72. The van der Waals surface area contributed by atoms with Crippen LogP contribution in [0.3, 0.4) is 0 Å². The third-order valence-corrected chi connectivity index (χ3v) is 5.65. The molecule has 1 aromatic rings. The molecule has 3 rings (SSSR count). The molecule has 0 saturated carbocycles. The number of amides is 2. The van der Waals surface area contributed by atoms with Crippen molar-refractivity contribution in [2.24, 2.45) is 11.8 Å². The number of ether oxygens (including phenoxy) is 2. The van der Waals surface area contributed by atoms with Crippen LogP contribution in [0.25, 0.3) is 0 Å². The Morgan fingerprint density at radius 1 is 0.931 bits per heavy atom. The van der Waals surface area contributed by atoms with E-state index in [1.165, 1.54) is 0 Å². The van der Waals surface area contributed by atoms with Crippen LogP contribution in [-0.2, 0) is 9.53 Å². The van der Waals surface area contributed by atoms with Crippen molar-refractivity contribution in [2.45, 2.75) is 52.1 Å². The van der Waals surface area contributed by atoms with E-state index in [0.717, 1.165) is 44.5 Å². The Kier molecular flexibility index (Phi) is 7.04. The average molecular weight is 403 g/mol. The summed E-state index contributed by atoms with van der Waals surface area (Å²) in [6, 6.07) is 9.88. The van der Waals surface area contributed by atoms with E-state index in [1.807, 2.05) is 56.0 Å². The maximum Gasteiger partial charge on any atom is 0.410 e. The largest absolute Gasteiger partial charge is 0.493 e. The van der Waals surface area contributed by atoms with Crippen LogP contribution in [0.2, 0.25) is 0 Å². The Bertz CT molecular complexity index is 670. The summed E-state index contributed by atoms with van der Waals surface area (Å²) in [5.41, 5.74) is -0.488. The SMILES string of the molecule is CC(C)(C)OC(=O)N1CCC(C(=O)N2CCC(COc3ccccc3)CC2)CC1. The van der Waals surface area contributed by atoms with E-state index < -0.39 is 5.60 Å². The van der Waals surface area contributed by atoms with Crippen LogP contribution in [0.4, 0.5) is 4.79 Å². The molecule has 6 heteroatoms. The zero-order valence-corrected chi connectivity index (χ0v) is 17.9. The van der Waals surface area contributed by atoms with E-state index in [2.05, 4.69) is 0 Å². The zero-order chi connectivity index (χ0) is 20.9. The Morgan fingerprint density at radius 3 is 2.10 bits per heavy atom. The van der Waals surface area contributed by atoms with Crippen LogP contribution >= 0.6 is 0 Å². The van der Waals surface area contributed by atoms with Crippen molar-refractivity contribution >= 4 is 12.0 Å². The number of nitrogens with zero attached hydrogens (tertiary/aromatic N) is 2. The first kappa shape index (κ1) is 21.5. The fraction of sp³-hybridized carbons (Fsp3) is 0.652. The lowest BCUT2D eigenvalue weighted by molar-refractivity contribution is -0.138. The fourth-order valence-electron chi connectivity index (χ4n) is 3.94. The molecule has 0 bridgehead atoms. The van der Waals surface area contributed by atoms with E-state index in [9.17, 15) is 9.59 Å². The number of hydrogen-bond acceptors (Lipinski definition) is 4. The van der Waals surface area contributed by atoms with Gasteiger partial charge in [0.2, 0.25) is 5.91 Å². The van der Waals surface area contributed by atoms with Gasteiger partial charge in [-0.1, -0.05) is 18.2 Å². The second-order valence-electron chi connectivity index (χ2n) is 9.13. The lowest BCUT2D eigenvalue weighted by Crippen LogP contribution is -2.47. The maximum absolute atomic E-state index is 12.9. The molecule has 2 heterocycles. The molecule has 2 fully saturated rings. The van der Waals surface area contributed by atoms with Gasteiger partial charge in [0.05, 0.1) is 6.61 Å². The van der Waals surface area contributed by atoms with Gasteiger partial charge in [-0.2, -0.15) is 0 Å². The normalized spacial score (nSPS) is 19.1. The molecule has 0 aromatic heterocycles. The summed E-state index contributed by atoms with van der Waals surface area (Å²) in [5, 5.41) is 0. The standard InChI is InChI=1S/C23H34N2O4/c1-23(2,3)29-22(27)25-15-11-19(12-16-25)21(26)24-13-9-18(10-14-24)17-28-20-7-5-4-6-8-20/h4-8,18-19H,9-17H2,1-3H3. The Labute approximate surface area is 174 Å². The molecule has 0 radical (unpaired) electrons. The van der Waals surface area contributed by atoms with Gasteiger partial charge in [0.15, 0.2) is 0 Å². The molecule has 0 unspecified atom stereocenters. The molecule has 1 aromatic carbocycles. The van der Waals surface area contributed by atoms with E-state index in [1.54, 1.807) is 4.90 Å². The molecular weight excluding hydrogens is 368 g/mol. The molecule has 2 amide bonds. The number of para-hydroxylation sites is 1. The van der Waals surface area contributed by atoms with Crippen LogP contribution in [0.15, 0.2) is 30.3 Å². The zero-order valence-electron chi connectivity index (χ0n) is 17.9. The molecule has 2 aliphatic rings. The number of carbonyl (C=O) groups is 2. The van der Waals surface area contributed by atoms with Gasteiger partial charge in [0.1, 0.15) is 11.4 Å². The topological polar surface area (TPSA) is 59.1 Å². The minimum atomic E-state index is -0.488. The highest BCUT2D eigenvalue weighted by atomic mass is 16.6.